The molecule has 0 amide bonds. The molecule has 0 spiro atoms. The molecule has 1 atom stereocenters. The van der Waals surface area contributed by atoms with E-state index in [1.807, 2.05) is 18.4 Å². The molecule has 2 aromatic rings. The molecule has 2 nitrogen and oxygen atoms in total. The van der Waals surface area contributed by atoms with Crippen molar-refractivity contribution in [3.8, 4) is 5.75 Å². The lowest BCUT2D eigenvalue weighted by molar-refractivity contribution is 0.398. The molecule has 0 radical (unpaired) electrons. The van der Waals surface area contributed by atoms with Crippen LogP contribution in [0.4, 0.5) is 0 Å². The van der Waals surface area contributed by atoms with Crippen LogP contribution in [0, 0.1) is 6.92 Å². The molecule has 1 aromatic heterocycles. The van der Waals surface area contributed by atoms with Crippen LogP contribution >= 0.6 is 11.3 Å². The van der Waals surface area contributed by atoms with Gasteiger partial charge < -0.3 is 10.1 Å². The number of benzene rings is 1. The Labute approximate surface area is 119 Å². The van der Waals surface area contributed by atoms with Gasteiger partial charge in [0.25, 0.3) is 0 Å². The predicted molar refractivity (Wildman–Crippen MR) is 82.2 cm³/mol. The van der Waals surface area contributed by atoms with E-state index in [0.717, 1.165) is 18.6 Å². The molecule has 0 aliphatic rings. The lowest BCUT2D eigenvalue weighted by atomic mass is 9.99. The van der Waals surface area contributed by atoms with Gasteiger partial charge in [0.1, 0.15) is 5.75 Å². The Morgan fingerprint density at radius 3 is 2.79 bits per heavy atom. The van der Waals surface area contributed by atoms with Gasteiger partial charge in [-0.15, -0.1) is 11.3 Å². The maximum atomic E-state index is 5.51. The Hall–Kier alpha value is -1.32. The third kappa shape index (κ3) is 3.58. The first-order chi connectivity index (χ1) is 9.24. The third-order valence-corrected chi connectivity index (χ3v) is 4.31. The van der Waals surface area contributed by atoms with Crippen molar-refractivity contribution in [1.29, 1.82) is 0 Å². The molecule has 1 heterocycles. The second-order valence-electron chi connectivity index (χ2n) is 4.70. The summed E-state index contributed by atoms with van der Waals surface area (Å²) >= 11 is 1.82. The average Bonchev–Trinajstić information content (AvgIpc) is 2.93. The maximum absolute atomic E-state index is 5.51. The summed E-state index contributed by atoms with van der Waals surface area (Å²) in [4.78, 5) is 1.44. The van der Waals surface area contributed by atoms with E-state index >= 15 is 0 Å². The molecular weight excluding hydrogens is 254 g/mol. The quantitative estimate of drug-likeness (QED) is 0.861. The van der Waals surface area contributed by atoms with Crippen molar-refractivity contribution >= 4 is 11.3 Å². The van der Waals surface area contributed by atoms with Crippen LogP contribution in [0.2, 0.25) is 0 Å². The standard InChI is InChI=1S/C16H21NOS/c1-12-6-8-14(16(11-12)18-3)15(17-2)9-7-13-5-4-10-19-13/h4-6,8,10-11,15,17H,7,9H2,1-3H3. The first-order valence-electron chi connectivity index (χ1n) is 6.58. The summed E-state index contributed by atoms with van der Waals surface area (Å²) in [5, 5.41) is 5.53. The summed E-state index contributed by atoms with van der Waals surface area (Å²) in [5.41, 5.74) is 2.47. The minimum absolute atomic E-state index is 0.331. The van der Waals surface area contributed by atoms with Gasteiger partial charge in [0.05, 0.1) is 7.11 Å². The van der Waals surface area contributed by atoms with Crippen molar-refractivity contribution in [3.05, 3.63) is 51.7 Å². The van der Waals surface area contributed by atoms with Gasteiger partial charge >= 0.3 is 0 Å². The van der Waals surface area contributed by atoms with Crippen LogP contribution in [-0.2, 0) is 6.42 Å². The average molecular weight is 275 g/mol. The largest absolute Gasteiger partial charge is 0.496 e. The van der Waals surface area contributed by atoms with Gasteiger partial charge in [-0.25, -0.2) is 0 Å². The van der Waals surface area contributed by atoms with Crippen molar-refractivity contribution in [2.75, 3.05) is 14.2 Å². The van der Waals surface area contributed by atoms with E-state index in [0.29, 0.717) is 6.04 Å². The maximum Gasteiger partial charge on any atom is 0.123 e. The minimum Gasteiger partial charge on any atom is -0.496 e. The van der Waals surface area contributed by atoms with Crippen LogP contribution in [0.25, 0.3) is 0 Å². The van der Waals surface area contributed by atoms with Gasteiger partial charge in [-0.3, -0.25) is 0 Å². The number of hydrogen-bond acceptors (Lipinski definition) is 3. The van der Waals surface area contributed by atoms with Crippen LogP contribution in [0.5, 0.6) is 5.75 Å². The van der Waals surface area contributed by atoms with Crippen LogP contribution in [0.1, 0.15) is 28.5 Å². The third-order valence-electron chi connectivity index (χ3n) is 3.37. The van der Waals surface area contributed by atoms with Crippen LogP contribution in [-0.4, -0.2) is 14.2 Å². The summed E-state index contributed by atoms with van der Waals surface area (Å²) in [7, 11) is 3.75. The number of nitrogens with one attached hydrogen (secondary N) is 1. The highest BCUT2D eigenvalue weighted by Gasteiger charge is 2.14. The van der Waals surface area contributed by atoms with E-state index in [4.69, 9.17) is 4.74 Å². The Morgan fingerprint density at radius 1 is 1.32 bits per heavy atom. The molecule has 2 rings (SSSR count). The normalized spacial score (nSPS) is 12.4. The van der Waals surface area contributed by atoms with Crippen molar-refractivity contribution in [2.24, 2.45) is 0 Å². The van der Waals surface area contributed by atoms with Gasteiger partial charge in [0, 0.05) is 16.5 Å². The van der Waals surface area contributed by atoms with Gasteiger partial charge in [-0.2, -0.15) is 0 Å². The molecule has 0 bridgehead atoms. The Balaban J connectivity index is 2.12. The summed E-state index contributed by atoms with van der Waals surface area (Å²) in [6.07, 6.45) is 2.18. The minimum atomic E-state index is 0.331. The lowest BCUT2D eigenvalue weighted by Gasteiger charge is -2.19. The highest BCUT2D eigenvalue weighted by atomic mass is 32.1. The van der Waals surface area contributed by atoms with E-state index in [2.05, 4.69) is 48.0 Å². The van der Waals surface area contributed by atoms with Crippen molar-refractivity contribution in [3.63, 3.8) is 0 Å². The number of thiophene rings is 1. The number of methoxy groups -OCH3 is 1. The SMILES string of the molecule is CNC(CCc1cccs1)c1ccc(C)cc1OC. The zero-order valence-electron chi connectivity index (χ0n) is 11.8. The van der Waals surface area contributed by atoms with Gasteiger partial charge in [-0.1, -0.05) is 18.2 Å². The molecule has 0 aliphatic heterocycles. The highest BCUT2D eigenvalue weighted by molar-refractivity contribution is 7.09. The summed E-state index contributed by atoms with van der Waals surface area (Å²) in [5.74, 6) is 0.977. The Bertz CT molecular complexity index is 507. The van der Waals surface area contributed by atoms with Crippen molar-refractivity contribution in [1.82, 2.24) is 5.32 Å². The fourth-order valence-corrected chi connectivity index (χ4v) is 3.03. The second kappa shape index (κ2) is 6.73. The van der Waals surface area contributed by atoms with Crippen molar-refractivity contribution in [2.45, 2.75) is 25.8 Å². The molecule has 1 N–H and O–H groups in total. The first-order valence-corrected chi connectivity index (χ1v) is 7.46. The number of rotatable bonds is 6. The van der Waals surface area contributed by atoms with Crippen molar-refractivity contribution < 1.29 is 4.74 Å². The van der Waals surface area contributed by atoms with E-state index in [9.17, 15) is 0 Å². The Kier molecular flexibility index (Phi) is 5.00. The Morgan fingerprint density at radius 2 is 2.16 bits per heavy atom. The molecule has 3 heteroatoms. The van der Waals surface area contributed by atoms with E-state index in [1.54, 1.807) is 7.11 Å². The fraction of sp³-hybridized carbons (Fsp3) is 0.375. The zero-order chi connectivity index (χ0) is 13.7. The van der Waals surface area contributed by atoms with Crippen LogP contribution < -0.4 is 10.1 Å². The lowest BCUT2D eigenvalue weighted by Crippen LogP contribution is -2.17. The molecule has 1 unspecified atom stereocenters. The first kappa shape index (κ1) is 14.1. The van der Waals surface area contributed by atoms with E-state index in [-0.39, 0.29) is 0 Å². The smallest absolute Gasteiger partial charge is 0.123 e. The topological polar surface area (TPSA) is 21.3 Å². The van der Waals surface area contributed by atoms with Crippen LogP contribution in [0.15, 0.2) is 35.7 Å². The summed E-state index contributed by atoms with van der Waals surface area (Å²) in [6.45, 7) is 2.09. The second-order valence-corrected chi connectivity index (χ2v) is 5.74. The molecule has 0 saturated carbocycles. The molecule has 102 valence electrons. The molecule has 0 saturated heterocycles. The number of ether oxygens (including phenoxy) is 1. The molecule has 19 heavy (non-hydrogen) atoms. The summed E-state index contributed by atoms with van der Waals surface area (Å²) in [6, 6.07) is 11.1. The zero-order valence-corrected chi connectivity index (χ0v) is 12.6. The predicted octanol–water partition coefficient (Wildman–Crippen LogP) is 3.96. The molecule has 1 aromatic carbocycles. The van der Waals surface area contributed by atoms with Gasteiger partial charge in [0.2, 0.25) is 0 Å². The van der Waals surface area contributed by atoms with Gasteiger partial charge in [-0.05, 0) is 49.9 Å². The van der Waals surface area contributed by atoms with Crippen LogP contribution in [0.3, 0.4) is 0 Å². The molecular formula is C16H21NOS. The summed E-state index contributed by atoms with van der Waals surface area (Å²) < 4.78 is 5.51. The molecule has 0 aliphatic carbocycles. The van der Waals surface area contributed by atoms with Gasteiger partial charge in [0.15, 0.2) is 0 Å². The number of aryl methyl sites for hydroxylation is 2. The monoisotopic (exact) mass is 275 g/mol. The van der Waals surface area contributed by atoms with E-state index < -0.39 is 0 Å². The molecule has 0 fully saturated rings. The fourth-order valence-electron chi connectivity index (χ4n) is 2.30. The van der Waals surface area contributed by atoms with E-state index in [1.165, 1.54) is 16.0 Å². The number of hydrogen-bond donors (Lipinski definition) is 1. The highest BCUT2D eigenvalue weighted by Crippen LogP contribution is 2.29.